The number of likely N-dealkylation sites (tertiary alicyclic amines) is 1. The molecule has 4 N–H and O–H groups in total. The lowest BCUT2D eigenvalue weighted by molar-refractivity contribution is -0.144. The summed E-state index contributed by atoms with van der Waals surface area (Å²) in [4.78, 5) is 47.3. The minimum Gasteiger partial charge on any atom is -0.396 e. The number of rotatable bonds is 19. The molecule has 0 unspecified atom stereocenters. The number of carbonyl (C=O) groups is 3. The summed E-state index contributed by atoms with van der Waals surface area (Å²) in [6.45, 7) is 9.95. The van der Waals surface area contributed by atoms with Gasteiger partial charge in [-0.2, -0.15) is 0 Å². The number of benzene rings is 1. The van der Waals surface area contributed by atoms with Crippen LogP contribution in [0.25, 0.3) is 10.4 Å². The largest absolute Gasteiger partial charge is 0.396 e. The molecule has 262 valence electrons. The van der Waals surface area contributed by atoms with Crippen molar-refractivity contribution in [1.29, 1.82) is 0 Å². The van der Waals surface area contributed by atoms with Gasteiger partial charge in [-0.25, -0.2) is 4.98 Å². The number of aromatic nitrogens is 1. The number of hydrogen-bond donors (Lipinski definition) is 4. The molecule has 3 amide bonds. The van der Waals surface area contributed by atoms with Crippen molar-refractivity contribution in [3.05, 3.63) is 41.0 Å². The maximum Gasteiger partial charge on any atom is 0.246 e. The number of β-amino-alcohol motifs (C(OH)–C–C–N with tert-alkyl or cyclic N) is 1. The Bertz CT molecular complexity index is 1260. The monoisotopic (exact) mass is 670 g/mol. The van der Waals surface area contributed by atoms with Gasteiger partial charge in [0.1, 0.15) is 12.1 Å². The molecule has 1 saturated heterocycles. The van der Waals surface area contributed by atoms with Crippen LogP contribution in [0, 0.1) is 12.3 Å². The number of hydrogen-bond acceptors (Lipinski definition) is 7. The summed E-state index contributed by atoms with van der Waals surface area (Å²) in [5.74, 6) is -0.811. The third kappa shape index (κ3) is 12.3. The molecule has 1 aromatic carbocycles. The fourth-order valence-electron chi connectivity index (χ4n) is 6.24. The highest BCUT2D eigenvalue weighted by Crippen LogP contribution is 2.29. The number of aryl methyl sites for hydroxylation is 1. The number of thiazole rings is 1. The fraction of sp³-hybridized carbons (Fsp3) is 0.676. The van der Waals surface area contributed by atoms with E-state index in [0.29, 0.717) is 13.0 Å². The highest BCUT2D eigenvalue weighted by molar-refractivity contribution is 7.13. The van der Waals surface area contributed by atoms with Crippen LogP contribution in [0.2, 0.25) is 0 Å². The molecule has 10 heteroatoms. The van der Waals surface area contributed by atoms with Gasteiger partial charge in [0.25, 0.3) is 0 Å². The van der Waals surface area contributed by atoms with Gasteiger partial charge in [0.2, 0.25) is 17.7 Å². The van der Waals surface area contributed by atoms with Gasteiger partial charge in [-0.1, -0.05) is 103 Å². The molecule has 1 aromatic heterocycles. The van der Waals surface area contributed by atoms with E-state index in [-0.39, 0.29) is 36.7 Å². The molecule has 3 rings (SSSR count). The van der Waals surface area contributed by atoms with E-state index < -0.39 is 23.6 Å². The summed E-state index contributed by atoms with van der Waals surface area (Å²) >= 11 is 1.59. The van der Waals surface area contributed by atoms with E-state index >= 15 is 0 Å². The van der Waals surface area contributed by atoms with Gasteiger partial charge in [0.05, 0.1) is 28.2 Å². The van der Waals surface area contributed by atoms with Gasteiger partial charge in [-0.15, -0.1) is 11.3 Å². The Hall–Kier alpha value is -2.82. The average Bonchev–Trinajstić information content (AvgIpc) is 3.64. The Morgan fingerprint density at radius 1 is 0.936 bits per heavy atom. The topological polar surface area (TPSA) is 132 Å². The Morgan fingerprint density at radius 3 is 2.04 bits per heavy atom. The molecule has 0 spiro atoms. The first kappa shape index (κ1) is 38.6. The lowest BCUT2D eigenvalue weighted by atomic mass is 9.85. The highest BCUT2D eigenvalue weighted by atomic mass is 32.1. The minimum atomic E-state index is -0.818. The Balaban J connectivity index is 1.48. The molecule has 4 atom stereocenters. The molecule has 2 aromatic rings. The van der Waals surface area contributed by atoms with Crippen LogP contribution in [0.5, 0.6) is 0 Å². The van der Waals surface area contributed by atoms with Crippen molar-refractivity contribution < 1.29 is 24.6 Å². The Kier molecular flexibility index (Phi) is 15.8. The van der Waals surface area contributed by atoms with Crippen molar-refractivity contribution in [3.8, 4) is 10.4 Å². The maximum absolute atomic E-state index is 13.9. The molecular formula is C37H58N4O5S. The van der Waals surface area contributed by atoms with Crippen molar-refractivity contribution in [2.24, 2.45) is 5.41 Å². The van der Waals surface area contributed by atoms with E-state index in [9.17, 15) is 19.5 Å². The zero-order chi connectivity index (χ0) is 34.4. The lowest BCUT2D eigenvalue weighted by Gasteiger charge is -2.35. The summed E-state index contributed by atoms with van der Waals surface area (Å²) in [6.07, 6.45) is 11.8. The summed E-state index contributed by atoms with van der Waals surface area (Å²) in [5, 5.41) is 25.4. The average molecular weight is 671 g/mol. The predicted octanol–water partition coefficient (Wildman–Crippen LogP) is 6.46. The fourth-order valence-corrected chi connectivity index (χ4v) is 7.05. The minimum absolute atomic E-state index is 0.0549. The standard InChI is InChI=1S/C37H58N4O5S/c1-26(28-18-20-29(21-19-28)33-27(2)38-25-47-33)39-35(45)31-23-30(43)24-41(31)36(46)34(37(3,4)5)40-32(44)17-15-13-11-9-7-6-8-10-12-14-16-22-42/h18-21,25-26,30-31,34,42-43H,6-17,22-24H2,1-5H3,(H,39,45)(H,40,44)/t26-,30+,31-,34+/m0/s1. The van der Waals surface area contributed by atoms with E-state index in [0.717, 1.165) is 53.8 Å². The van der Waals surface area contributed by atoms with Gasteiger partial charge in [-0.3, -0.25) is 14.4 Å². The second-order valence-corrected chi connectivity index (χ2v) is 15.1. The van der Waals surface area contributed by atoms with Gasteiger partial charge >= 0.3 is 0 Å². The summed E-state index contributed by atoms with van der Waals surface area (Å²) in [7, 11) is 0. The van der Waals surface area contributed by atoms with E-state index in [1.165, 1.54) is 43.4 Å². The van der Waals surface area contributed by atoms with E-state index in [1.54, 1.807) is 11.3 Å². The number of unbranched alkanes of at least 4 members (excludes halogenated alkanes) is 10. The predicted molar refractivity (Wildman–Crippen MR) is 189 cm³/mol. The zero-order valence-corrected chi connectivity index (χ0v) is 30.0. The summed E-state index contributed by atoms with van der Waals surface area (Å²) in [6, 6.07) is 6.09. The van der Waals surface area contributed by atoms with Crippen molar-refractivity contribution in [3.63, 3.8) is 0 Å². The molecule has 0 bridgehead atoms. The van der Waals surface area contributed by atoms with Crippen LogP contribution in [-0.4, -0.2) is 69.2 Å². The third-order valence-electron chi connectivity index (χ3n) is 9.12. The summed E-state index contributed by atoms with van der Waals surface area (Å²) < 4.78 is 0. The SMILES string of the molecule is Cc1ncsc1-c1ccc([C@H](C)NC(=O)[C@@H]2C[C@@H](O)CN2C(=O)[C@@H](NC(=O)CCCCCCCCCCCCCO)C(C)(C)C)cc1. The Morgan fingerprint density at radius 2 is 1.51 bits per heavy atom. The molecule has 0 saturated carbocycles. The first-order chi connectivity index (χ1) is 22.4. The Labute approximate surface area is 285 Å². The van der Waals surface area contributed by atoms with Gasteiger partial charge in [-0.05, 0) is 43.2 Å². The molecule has 47 heavy (non-hydrogen) atoms. The molecule has 1 aliphatic heterocycles. The molecular weight excluding hydrogens is 612 g/mol. The van der Waals surface area contributed by atoms with Crippen LogP contribution in [-0.2, 0) is 14.4 Å². The molecule has 2 heterocycles. The normalized spacial score (nSPS) is 17.8. The number of carbonyl (C=O) groups excluding carboxylic acids is 3. The van der Waals surface area contributed by atoms with E-state index in [2.05, 4.69) is 15.6 Å². The first-order valence-electron chi connectivity index (χ1n) is 17.6. The summed E-state index contributed by atoms with van der Waals surface area (Å²) in [5.41, 5.74) is 4.25. The maximum atomic E-state index is 13.9. The van der Waals surface area contributed by atoms with Crippen molar-refractivity contribution >= 4 is 29.1 Å². The number of aliphatic hydroxyl groups excluding tert-OH is 2. The quantitative estimate of drug-likeness (QED) is 0.127. The van der Waals surface area contributed by atoms with Crippen LogP contribution in [0.4, 0.5) is 0 Å². The third-order valence-corrected chi connectivity index (χ3v) is 10.1. The van der Waals surface area contributed by atoms with Crippen molar-refractivity contribution in [2.75, 3.05) is 13.2 Å². The molecule has 9 nitrogen and oxygen atoms in total. The molecule has 1 aliphatic rings. The highest BCUT2D eigenvalue weighted by Gasteiger charge is 2.44. The van der Waals surface area contributed by atoms with E-state index in [4.69, 9.17) is 5.11 Å². The van der Waals surface area contributed by atoms with Gasteiger partial charge in [0, 0.05) is 26.0 Å². The second kappa shape index (κ2) is 19.2. The zero-order valence-electron chi connectivity index (χ0n) is 29.2. The number of amides is 3. The number of nitrogens with zero attached hydrogens (tertiary/aromatic N) is 2. The van der Waals surface area contributed by atoms with Gasteiger partial charge in [0.15, 0.2) is 0 Å². The van der Waals surface area contributed by atoms with Crippen LogP contribution in [0.1, 0.15) is 128 Å². The molecule has 1 fully saturated rings. The number of nitrogens with one attached hydrogen (secondary N) is 2. The molecule has 0 radical (unpaired) electrons. The van der Waals surface area contributed by atoms with E-state index in [1.807, 2.05) is 64.4 Å². The van der Waals surface area contributed by atoms with Crippen LogP contribution < -0.4 is 10.6 Å². The van der Waals surface area contributed by atoms with Crippen LogP contribution >= 0.6 is 11.3 Å². The van der Waals surface area contributed by atoms with Crippen molar-refractivity contribution in [2.45, 2.75) is 142 Å². The smallest absolute Gasteiger partial charge is 0.246 e. The first-order valence-corrected chi connectivity index (χ1v) is 18.5. The molecule has 0 aliphatic carbocycles. The lowest BCUT2D eigenvalue weighted by Crippen LogP contribution is -2.57. The van der Waals surface area contributed by atoms with Crippen molar-refractivity contribution in [1.82, 2.24) is 20.5 Å². The van der Waals surface area contributed by atoms with Crippen LogP contribution in [0.3, 0.4) is 0 Å². The number of aliphatic hydroxyl groups is 2. The van der Waals surface area contributed by atoms with Crippen LogP contribution in [0.15, 0.2) is 29.8 Å². The second-order valence-electron chi connectivity index (χ2n) is 14.2. The van der Waals surface area contributed by atoms with Gasteiger partial charge < -0.3 is 25.7 Å².